The van der Waals surface area contributed by atoms with Gasteiger partial charge in [0.1, 0.15) is 6.10 Å². The third kappa shape index (κ3) is 3.64. The maximum absolute atomic E-state index is 10.4. The van der Waals surface area contributed by atoms with Gasteiger partial charge in [0.25, 0.3) is 0 Å². The van der Waals surface area contributed by atoms with Gasteiger partial charge in [0.05, 0.1) is 18.8 Å². The van der Waals surface area contributed by atoms with E-state index in [1.807, 2.05) is 27.7 Å². The zero-order chi connectivity index (χ0) is 15.2. The topological polar surface area (TPSA) is 58.9 Å². The van der Waals surface area contributed by atoms with Crippen molar-refractivity contribution in [2.75, 3.05) is 13.2 Å². The van der Waals surface area contributed by atoms with E-state index in [0.29, 0.717) is 43.1 Å². The Hall–Kier alpha value is -1.26. The van der Waals surface area contributed by atoms with Crippen molar-refractivity contribution in [3.05, 3.63) is 23.8 Å². The molecule has 1 unspecified atom stereocenters. The van der Waals surface area contributed by atoms with Crippen LogP contribution in [0.25, 0.3) is 0 Å². The summed E-state index contributed by atoms with van der Waals surface area (Å²) in [5.74, 6) is 1.25. The summed E-state index contributed by atoms with van der Waals surface area (Å²) in [6, 6.07) is 5.29. The van der Waals surface area contributed by atoms with Crippen LogP contribution in [0, 0.1) is 0 Å². The predicted molar refractivity (Wildman–Crippen MR) is 79.3 cm³/mol. The van der Waals surface area contributed by atoms with Crippen LogP contribution in [0.4, 0.5) is 0 Å². The summed E-state index contributed by atoms with van der Waals surface area (Å²) in [5, 5.41) is 20.8. The van der Waals surface area contributed by atoms with Crippen LogP contribution in [-0.2, 0) is 0 Å². The molecule has 20 heavy (non-hydrogen) atoms. The third-order valence-electron chi connectivity index (χ3n) is 3.62. The number of rotatable bonds is 8. The van der Waals surface area contributed by atoms with Gasteiger partial charge in [-0.2, -0.15) is 0 Å². The van der Waals surface area contributed by atoms with Gasteiger partial charge in [-0.25, -0.2) is 0 Å². The number of hydrogen-bond acceptors (Lipinski definition) is 4. The van der Waals surface area contributed by atoms with E-state index in [9.17, 15) is 10.2 Å². The minimum absolute atomic E-state index is 0.488. The third-order valence-corrected chi connectivity index (χ3v) is 3.62. The maximum atomic E-state index is 10.4. The predicted octanol–water partition coefficient (Wildman–Crippen LogP) is 3.07. The SMILES string of the molecule is CCOc1ccc(C(O)C(O)(CC)CC)cc1OCC. The van der Waals surface area contributed by atoms with Crippen molar-refractivity contribution in [2.45, 2.75) is 52.2 Å². The van der Waals surface area contributed by atoms with Crippen molar-refractivity contribution >= 4 is 0 Å². The molecule has 0 fully saturated rings. The molecule has 0 spiro atoms. The fraction of sp³-hybridized carbons (Fsp3) is 0.625. The Kier molecular flexibility index (Phi) is 6.30. The molecule has 0 saturated heterocycles. The van der Waals surface area contributed by atoms with Crippen molar-refractivity contribution in [1.82, 2.24) is 0 Å². The molecule has 0 bridgehead atoms. The van der Waals surface area contributed by atoms with E-state index in [0.717, 1.165) is 0 Å². The summed E-state index contributed by atoms with van der Waals surface area (Å²) in [4.78, 5) is 0. The second-order valence-electron chi connectivity index (χ2n) is 4.79. The lowest BCUT2D eigenvalue weighted by atomic mass is 9.86. The van der Waals surface area contributed by atoms with Gasteiger partial charge in [0, 0.05) is 0 Å². The van der Waals surface area contributed by atoms with E-state index in [4.69, 9.17) is 9.47 Å². The van der Waals surface area contributed by atoms with Crippen LogP contribution in [0.3, 0.4) is 0 Å². The molecule has 0 aromatic heterocycles. The lowest BCUT2D eigenvalue weighted by Gasteiger charge is -2.31. The summed E-state index contributed by atoms with van der Waals surface area (Å²) in [7, 11) is 0. The Morgan fingerprint density at radius 2 is 1.55 bits per heavy atom. The average molecular weight is 282 g/mol. The summed E-state index contributed by atoms with van der Waals surface area (Å²) >= 11 is 0. The quantitative estimate of drug-likeness (QED) is 0.769. The summed E-state index contributed by atoms with van der Waals surface area (Å²) < 4.78 is 11.0. The van der Waals surface area contributed by atoms with Crippen molar-refractivity contribution in [3.63, 3.8) is 0 Å². The molecule has 0 heterocycles. The van der Waals surface area contributed by atoms with Gasteiger partial charge in [-0.15, -0.1) is 0 Å². The second-order valence-corrected chi connectivity index (χ2v) is 4.79. The fourth-order valence-corrected chi connectivity index (χ4v) is 2.18. The number of benzene rings is 1. The average Bonchev–Trinajstić information content (AvgIpc) is 2.48. The highest BCUT2D eigenvalue weighted by Gasteiger charge is 2.33. The van der Waals surface area contributed by atoms with Gasteiger partial charge >= 0.3 is 0 Å². The molecule has 0 saturated carbocycles. The molecule has 1 rings (SSSR count). The van der Waals surface area contributed by atoms with E-state index in [2.05, 4.69) is 0 Å². The monoisotopic (exact) mass is 282 g/mol. The minimum Gasteiger partial charge on any atom is -0.490 e. The van der Waals surface area contributed by atoms with Gasteiger partial charge in [-0.3, -0.25) is 0 Å². The van der Waals surface area contributed by atoms with Crippen molar-refractivity contribution in [2.24, 2.45) is 0 Å². The van der Waals surface area contributed by atoms with Gasteiger partial charge < -0.3 is 19.7 Å². The van der Waals surface area contributed by atoms with Crippen LogP contribution in [0.1, 0.15) is 52.2 Å². The summed E-state index contributed by atoms with van der Waals surface area (Å²) in [6.45, 7) is 8.61. The van der Waals surface area contributed by atoms with E-state index >= 15 is 0 Å². The fourth-order valence-electron chi connectivity index (χ4n) is 2.18. The van der Waals surface area contributed by atoms with E-state index < -0.39 is 11.7 Å². The number of ether oxygens (including phenoxy) is 2. The Balaban J connectivity index is 3.10. The maximum Gasteiger partial charge on any atom is 0.161 e. The van der Waals surface area contributed by atoms with Crippen LogP contribution in [0.2, 0.25) is 0 Å². The largest absolute Gasteiger partial charge is 0.490 e. The van der Waals surface area contributed by atoms with Crippen LogP contribution in [0.15, 0.2) is 18.2 Å². The highest BCUT2D eigenvalue weighted by molar-refractivity contribution is 5.44. The molecule has 0 aliphatic rings. The molecule has 114 valence electrons. The molecular weight excluding hydrogens is 256 g/mol. The smallest absolute Gasteiger partial charge is 0.161 e. The second kappa shape index (κ2) is 7.50. The van der Waals surface area contributed by atoms with Crippen molar-refractivity contribution in [1.29, 1.82) is 0 Å². The van der Waals surface area contributed by atoms with E-state index in [1.165, 1.54) is 0 Å². The first-order valence-electron chi connectivity index (χ1n) is 7.32. The zero-order valence-corrected chi connectivity index (χ0v) is 12.8. The van der Waals surface area contributed by atoms with Crippen LogP contribution in [-0.4, -0.2) is 29.0 Å². The summed E-state index contributed by atoms with van der Waals surface area (Å²) in [6.07, 6.45) is 0.0383. The van der Waals surface area contributed by atoms with Crippen LogP contribution in [0.5, 0.6) is 11.5 Å². The Bertz CT molecular complexity index is 413. The number of aliphatic hydroxyl groups is 2. The molecule has 4 heteroatoms. The number of aliphatic hydroxyl groups excluding tert-OH is 1. The van der Waals surface area contributed by atoms with Gasteiger partial charge in [-0.1, -0.05) is 19.9 Å². The number of hydrogen-bond donors (Lipinski definition) is 2. The normalized spacial score (nSPS) is 13.1. The van der Waals surface area contributed by atoms with Gasteiger partial charge in [0.15, 0.2) is 11.5 Å². The first kappa shape index (κ1) is 16.8. The summed E-state index contributed by atoms with van der Waals surface area (Å²) in [5.41, 5.74) is -0.473. The molecule has 0 radical (unpaired) electrons. The van der Waals surface area contributed by atoms with Crippen LogP contribution < -0.4 is 9.47 Å². The lowest BCUT2D eigenvalue weighted by molar-refractivity contribution is -0.0821. The molecular formula is C16H26O4. The lowest BCUT2D eigenvalue weighted by Crippen LogP contribution is -2.34. The Morgan fingerprint density at radius 1 is 1.00 bits per heavy atom. The standard InChI is InChI=1S/C16H26O4/c1-5-16(18,6-2)15(17)12-9-10-13(19-7-3)14(11-12)20-8-4/h9-11,15,17-18H,5-8H2,1-4H3. The highest BCUT2D eigenvalue weighted by Crippen LogP contribution is 2.36. The minimum atomic E-state index is -1.11. The molecule has 0 aliphatic carbocycles. The molecule has 0 amide bonds. The molecule has 1 aromatic carbocycles. The van der Waals surface area contributed by atoms with Crippen molar-refractivity contribution < 1.29 is 19.7 Å². The highest BCUT2D eigenvalue weighted by atomic mass is 16.5. The van der Waals surface area contributed by atoms with E-state index in [1.54, 1.807) is 18.2 Å². The molecule has 2 N–H and O–H groups in total. The molecule has 4 nitrogen and oxygen atoms in total. The van der Waals surface area contributed by atoms with Gasteiger partial charge in [-0.05, 0) is 44.4 Å². The molecule has 1 aromatic rings. The van der Waals surface area contributed by atoms with Gasteiger partial charge in [0.2, 0.25) is 0 Å². The van der Waals surface area contributed by atoms with Crippen molar-refractivity contribution in [3.8, 4) is 11.5 Å². The van der Waals surface area contributed by atoms with E-state index in [-0.39, 0.29) is 0 Å². The molecule has 0 aliphatic heterocycles. The Labute approximate surface area is 121 Å². The first-order valence-corrected chi connectivity index (χ1v) is 7.32. The molecule has 1 atom stereocenters. The first-order chi connectivity index (χ1) is 9.52. The Morgan fingerprint density at radius 3 is 2.05 bits per heavy atom. The van der Waals surface area contributed by atoms with Crippen LogP contribution >= 0.6 is 0 Å². The zero-order valence-electron chi connectivity index (χ0n) is 12.8.